The number of nitrogens with zero attached hydrogens (tertiary/aromatic N) is 1. The summed E-state index contributed by atoms with van der Waals surface area (Å²) < 4.78 is 60.4. The van der Waals surface area contributed by atoms with Crippen molar-refractivity contribution in [3.8, 4) is 0 Å². The van der Waals surface area contributed by atoms with Gasteiger partial charge in [0.25, 0.3) is 0 Å². The van der Waals surface area contributed by atoms with E-state index in [-0.39, 0.29) is 51.6 Å². The van der Waals surface area contributed by atoms with Gasteiger partial charge in [-0.25, -0.2) is 18.0 Å². The van der Waals surface area contributed by atoms with Gasteiger partial charge >= 0.3 is 5.97 Å². The Labute approximate surface area is 144 Å². The molecule has 1 aliphatic rings. The highest BCUT2D eigenvalue weighted by Gasteiger charge is 2.30. The van der Waals surface area contributed by atoms with Crippen molar-refractivity contribution in [1.29, 1.82) is 0 Å². The lowest BCUT2D eigenvalue weighted by Crippen LogP contribution is -2.00. The number of hydrogen-bond donors (Lipinski definition) is 0. The van der Waals surface area contributed by atoms with Gasteiger partial charge in [0, 0.05) is 11.1 Å². The number of benzene rings is 2. The Morgan fingerprint density at radius 3 is 2.56 bits per heavy atom. The highest BCUT2D eigenvalue weighted by molar-refractivity contribution is 7.54. The molecule has 1 aliphatic heterocycles. The lowest BCUT2D eigenvalue weighted by Gasteiger charge is -2.09. The molecule has 0 aromatic heterocycles. The molecule has 1 heterocycles. The lowest BCUT2D eigenvalue weighted by molar-refractivity contribution is -0.133. The van der Waals surface area contributed by atoms with Crippen LogP contribution in [-0.2, 0) is 21.0 Å². The van der Waals surface area contributed by atoms with E-state index in [0.29, 0.717) is 0 Å². The van der Waals surface area contributed by atoms with Crippen molar-refractivity contribution >= 4 is 34.3 Å². The Morgan fingerprint density at radius 2 is 1.88 bits per heavy atom. The average Bonchev–Trinajstić information content (AvgIpc) is 2.96. The number of rotatable bonds is 3. The minimum atomic E-state index is -1.13. The largest absolute Gasteiger partial charge is 0.457 e. The first kappa shape index (κ1) is 17.1. The molecule has 0 saturated carbocycles. The molecule has 4 nitrogen and oxygen atoms in total. The molecule has 0 fully saturated rings. The van der Waals surface area contributed by atoms with Crippen LogP contribution in [0.15, 0.2) is 34.7 Å². The smallest absolute Gasteiger partial charge is 0.339 e. The lowest BCUT2D eigenvalue weighted by atomic mass is 9.94. The molecule has 0 unspecified atom stereocenters. The van der Waals surface area contributed by atoms with Gasteiger partial charge in [0.1, 0.15) is 12.3 Å². The van der Waals surface area contributed by atoms with Crippen LogP contribution in [0.2, 0.25) is 0 Å². The topological polar surface area (TPSA) is 55.7 Å². The van der Waals surface area contributed by atoms with Crippen molar-refractivity contribution in [3.63, 3.8) is 0 Å². The highest BCUT2D eigenvalue weighted by atomic mass is 32.1. The van der Waals surface area contributed by atoms with Gasteiger partial charge in [-0.2, -0.15) is 8.57 Å². The molecule has 0 atom stereocenters. The summed E-state index contributed by atoms with van der Waals surface area (Å²) in [5.74, 6) is -3.63. The van der Waals surface area contributed by atoms with Crippen LogP contribution in [0.3, 0.4) is 0 Å². The summed E-state index contributed by atoms with van der Waals surface area (Å²) in [7, 11) is 0. The number of esters is 1. The maximum atomic E-state index is 14.3. The third-order valence-corrected chi connectivity index (χ3v) is 4.08. The monoisotopic (exact) mass is 365 g/mol. The van der Waals surface area contributed by atoms with Crippen LogP contribution in [-0.4, -0.2) is 16.8 Å². The van der Waals surface area contributed by atoms with Gasteiger partial charge in [-0.3, -0.25) is 0 Å². The van der Waals surface area contributed by atoms with Crippen molar-refractivity contribution < 1.29 is 26.9 Å². The molecular weight excluding hydrogens is 355 g/mol. The quantitative estimate of drug-likeness (QED) is 0.775. The normalized spacial score (nSPS) is 13.8. The summed E-state index contributed by atoms with van der Waals surface area (Å²) in [5.41, 5.74) is 0.581. The van der Waals surface area contributed by atoms with Gasteiger partial charge in [0.15, 0.2) is 17.5 Å². The molecule has 128 valence electrons. The minimum Gasteiger partial charge on any atom is -0.457 e. The number of hydrogen-bond acceptors (Lipinski definition) is 4. The molecule has 0 aliphatic carbocycles. The first-order valence-corrected chi connectivity index (χ1v) is 7.79. The van der Waals surface area contributed by atoms with E-state index in [9.17, 15) is 22.2 Å². The molecule has 0 spiro atoms. The number of carbonyl (C=O) groups is 1. The standard InChI is InChI=1S/C17H10F3NO3S/c1-8-2-4-10(16(15(8)20)21-25-23)11-7-24-17(22)14(11)9-3-5-12(18)13(19)6-9/h2-6H,7H2,1H3. The molecule has 8 heteroatoms. The predicted molar refractivity (Wildman–Crippen MR) is 85.5 cm³/mol. The van der Waals surface area contributed by atoms with E-state index in [1.54, 1.807) is 0 Å². The zero-order chi connectivity index (χ0) is 18.1. The summed E-state index contributed by atoms with van der Waals surface area (Å²) in [6.45, 7) is 1.32. The first-order chi connectivity index (χ1) is 11.9. The van der Waals surface area contributed by atoms with Gasteiger partial charge in [0.2, 0.25) is 11.5 Å². The molecule has 0 saturated heterocycles. The van der Waals surface area contributed by atoms with Crippen molar-refractivity contribution in [2.75, 3.05) is 6.61 Å². The van der Waals surface area contributed by atoms with Crippen molar-refractivity contribution in [2.45, 2.75) is 6.92 Å². The van der Waals surface area contributed by atoms with Crippen molar-refractivity contribution in [2.24, 2.45) is 4.36 Å². The van der Waals surface area contributed by atoms with Gasteiger partial charge in [-0.1, -0.05) is 18.2 Å². The molecule has 0 amide bonds. The summed E-state index contributed by atoms with van der Waals surface area (Å²) in [4.78, 5) is 12.1. The van der Waals surface area contributed by atoms with Gasteiger partial charge in [-0.15, -0.1) is 0 Å². The van der Waals surface area contributed by atoms with Gasteiger partial charge < -0.3 is 4.74 Å². The fourth-order valence-electron chi connectivity index (χ4n) is 2.60. The molecule has 2 aromatic carbocycles. The van der Waals surface area contributed by atoms with E-state index in [0.717, 1.165) is 12.1 Å². The Morgan fingerprint density at radius 1 is 1.12 bits per heavy atom. The Balaban J connectivity index is 2.28. The van der Waals surface area contributed by atoms with Crippen molar-refractivity contribution in [1.82, 2.24) is 0 Å². The van der Waals surface area contributed by atoms with E-state index in [1.165, 1.54) is 25.1 Å². The predicted octanol–water partition coefficient (Wildman–Crippen LogP) is 3.91. The number of ether oxygens (including phenoxy) is 1. The van der Waals surface area contributed by atoms with E-state index in [4.69, 9.17) is 4.74 Å². The minimum absolute atomic E-state index is 0.0190. The van der Waals surface area contributed by atoms with Crippen molar-refractivity contribution in [3.05, 3.63) is 64.5 Å². The average molecular weight is 365 g/mol. The molecule has 0 radical (unpaired) electrons. The molecule has 0 N–H and O–H groups in total. The number of halogens is 3. The number of aryl methyl sites for hydroxylation is 1. The highest BCUT2D eigenvalue weighted by Crippen LogP contribution is 2.39. The van der Waals surface area contributed by atoms with Crippen LogP contribution < -0.4 is 0 Å². The van der Waals surface area contributed by atoms with Crippen LogP contribution in [0, 0.1) is 24.4 Å². The van der Waals surface area contributed by atoms with Gasteiger partial charge in [0.05, 0.1) is 5.57 Å². The first-order valence-electron chi connectivity index (χ1n) is 7.09. The second-order valence-corrected chi connectivity index (χ2v) is 5.65. The summed E-state index contributed by atoms with van der Waals surface area (Å²) in [5, 5.41) is 0. The van der Waals surface area contributed by atoms with Crippen LogP contribution >= 0.6 is 0 Å². The zero-order valence-electron chi connectivity index (χ0n) is 12.8. The van der Waals surface area contributed by atoms with Crippen LogP contribution in [0.25, 0.3) is 11.1 Å². The molecule has 25 heavy (non-hydrogen) atoms. The molecule has 2 aromatic rings. The third kappa shape index (κ3) is 3.00. The zero-order valence-corrected chi connectivity index (χ0v) is 13.6. The molecule has 0 bridgehead atoms. The molecule has 3 rings (SSSR count). The maximum absolute atomic E-state index is 14.3. The van der Waals surface area contributed by atoms with E-state index >= 15 is 0 Å². The number of cyclic esters (lactones) is 1. The Hall–Kier alpha value is -2.74. The third-order valence-electron chi connectivity index (χ3n) is 3.82. The molecular formula is C17H10F3NO3S. The summed E-state index contributed by atoms with van der Waals surface area (Å²) >= 11 is -0.170. The van der Waals surface area contributed by atoms with Crippen LogP contribution in [0.5, 0.6) is 0 Å². The van der Waals surface area contributed by atoms with Crippen LogP contribution in [0.1, 0.15) is 16.7 Å². The second-order valence-electron chi connectivity index (χ2n) is 5.32. The fraction of sp³-hybridized carbons (Fsp3) is 0.118. The Bertz CT molecular complexity index is 981. The van der Waals surface area contributed by atoms with Gasteiger partial charge in [-0.05, 0) is 30.2 Å². The fourth-order valence-corrected chi connectivity index (χ4v) is 2.85. The van der Waals surface area contributed by atoms with E-state index in [2.05, 4.69) is 4.36 Å². The summed E-state index contributed by atoms with van der Waals surface area (Å²) in [6, 6.07) is 5.95. The maximum Gasteiger partial charge on any atom is 0.339 e. The SMILES string of the molecule is Cc1ccc(C2=C(c3ccc(F)c(F)c3)C(=O)OC2)c(N=S=O)c1F. The summed E-state index contributed by atoms with van der Waals surface area (Å²) in [6.07, 6.45) is 0. The Kier molecular flexibility index (Phi) is 4.54. The van der Waals surface area contributed by atoms with Crippen LogP contribution in [0.4, 0.5) is 18.9 Å². The second kappa shape index (κ2) is 6.64. The van der Waals surface area contributed by atoms with E-state index in [1.807, 2.05) is 0 Å². The number of carbonyl (C=O) groups excluding carboxylic acids is 1. The van der Waals surface area contributed by atoms with E-state index < -0.39 is 23.4 Å².